The monoisotopic (exact) mass is 523 g/mol. The summed E-state index contributed by atoms with van der Waals surface area (Å²) < 4.78 is 30.9. The van der Waals surface area contributed by atoms with Crippen molar-refractivity contribution in [2.45, 2.75) is 103 Å². The second-order valence-corrected chi connectivity index (χ2v) is 13.4. The fraction of sp³-hybridized carbons (Fsp3) is 0.800. The number of amides is 1. The standard InChI is InChI=1S/C25H41N5O5S/c1-24(2)17-9-10-25(24,3)21(12-17)28-22(31)19(11-16-7-5-4-6-8-16)29-36(34,35)30-20(23(32)33)13-18-14-26-15-27-18/h14-17,19-21,29-30H,4-13H2,1-3H3,(H,26,27)(H,28,31)(H,32,33)/t17-,19+,20+,21+,25+/m1/s1. The van der Waals surface area contributed by atoms with Crippen LogP contribution in [0.15, 0.2) is 12.5 Å². The number of carbonyl (C=O) groups is 2. The molecular formula is C25H41N5O5S. The number of aromatic nitrogens is 2. The number of imidazole rings is 1. The summed E-state index contributed by atoms with van der Waals surface area (Å²) in [6.45, 7) is 6.78. The summed E-state index contributed by atoms with van der Waals surface area (Å²) >= 11 is 0. The summed E-state index contributed by atoms with van der Waals surface area (Å²) in [6, 6.07) is -2.36. The van der Waals surface area contributed by atoms with E-state index in [1.54, 1.807) is 0 Å². The van der Waals surface area contributed by atoms with Crippen LogP contribution in [0.3, 0.4) is 0 Å². The molecule has 1 amide bonds. The van der Waals surface area contributed by atoms with Crippen molar-refractivity contribution in [1.82, 2.24) is 24.7 Å². The van der Waals surface area contributed by atoms with E-state index in [4.69, 9.17) is 0 Å². The van der Waals surface area contributed by atoms with Gasteiger partial charge in [0.15, 0.2) is 0 Å². The normalized spacial score (nSPS) is 29.6. The number of carboxylic acid groups (broad SMARTS) is 1. The molecule has 3 saturated carbocycles. The quantitative estimate of drug-likeness (QED) is 0.300. The lowest BCUT2D eigenvalue weighted by atomic mass is 9.69. The lowest BCUT2D eigenvalue weighted by Crippen LogP contribution is -2.57. The van der Waals surface area contributed by atoms with Crippen LogP contribution in [0.1, 0.15) is 84.3 Å². The van der Waals surface area contributed by atoms with Gasteiger partial charge in [-0.3, -0.25) is 9.59 Å². The average Bonchev–Trinajstić information content (AvgIpc) is 3.44. The number of hydrogen-bond donors (Lipinski definition) is 5. The number of H-pyrrole nitrogens is 1. The Bertz CT molecular complexity index is 1040. The van der Waals surface area contributed by atoms with Gasteiger partial charge in [-0.15, -0.1) is 0 Å². The van der Waals surface area contributed by atoms with Crippen LogP contribution < -0.4 is 14.8 Å². The number of hydrogen-bond acceptors (Lipinski definition) is 5. The number of nitrogens with zero attached hydrogens (tertiary/aromatic N) is 1. The first-order valence-corrected chi connectivity index (χ1v) is 14.7. The van der Waals surface area contributed by atoms with Crippen molar-refractivity contribution >= 4 is 22.1 Å². The molecule has 3 aliphatic rings. The lowest BCUT2D eigenvalue weighted by Gasteiger charge is -2.40. The molecule has 5 atom stereocenters. The molecule has 4 rings (SSSR count). The first-order chi connectivity index (χ1) is 16.9. The Morgan fingerprint density at radius 1 is 1.14 bits per heavy atom. The van der Waals surface area contributed by atoms with E-state index in [1.165, 1.54) is 12.5 Å². The predicted molar refractivity (Wildman–Crippen MR) is 135 cm³/mol. The van der Waals surface area contributed by atoms with Gasteiger partial charge in [0.1, 0.15) is 12.1 Å². The van der Waals surface area contributed by atoms with Gasteiger partial charge in [-0.25, -0.2) is 4.98 Å². The van der Waals surface area contributed by atoms with Gasteiger partial charge in [0, 0.05) is 24.4 Å². The fourth-order valence-electron chi connectivity index (χ4n) is 6.86. The number of fused-ring (bicyclic) bond motifs is 2. The molecule has 1 heterocycles. The van der Waals surface area contributed by atoms with E-state index in [9.17, 15) is 23.1 Å². The molecule has 11 heteroatoms. The van der Waals surface area contributed by atoms with Crippen LogP contribution in [0.5, 0.6) is 0 Å². The second-order valence-electron chi connectivity index (χ2n) is 11.9. The summed E-state index contributed by atoms with van der Waals surface area (Å²) in [6.07, 6.45) is 11.5. The largest absolute Gasteiger partial charge is 0.480 e. The van der Waals surface area contributed by atoms with Gasteiger partial charge in [-0.1, -0.05) is 52.9 Å². The zero-order valence-corrected chi connectivity index (χ0v) is 22.4. The van der Waals surface area contributed by atoms with Gasteiger partial charge >= 0.3 is 5.97 Å². The smallest absolute Gasteiger partial charge is 0.322 e. The molecule has 1 aromatic rings. The maximum atomic E-state index is 13.6. The average molecular weight is 524 g/mol. The van der Waals surface area contributed by atoms with Crippen LogP contribution in [0.25, 0.3) is 0 Å². The SMILES string of the molecule is CC1(C)[C@@H]2CC[C@@]1(C)[C@@H](NC(=O)[C@H](CC1CCCCC1)NS(=O)(=O)N[C@@H](Cc1cnc[nH]1)C(=O)O)C2. The molecule has 1 aromatic heterocycles. The van der Waals surface area contributed by atoms with Crippen LogP contribution in [0, 0.1) is 22.7 Å². The molecule has 0 aliphatic heterocycles. The third-order valence-electron chi connectivity index (χ3n) is 9.59. The predicted octanol–water partition coefficient (Wildman–Crippen LogP) is 2.50. The van der Waals surface area contributed by atoms with E-state index in [0.717, 1.165) is 51.4 Å². The second kappa shape index (κ2) is 10.4. The van der Waals surface area contributed by atoms with Crippen molar-refractivity contribution in [1.29, 1.82) is 0 Å². The summed E-state index contributed by atoms with van der Waals surface area (Å²) in [7, 11) is -4.28. The Hall–Kier alpha value is -1.98. The Labute approximate surface area is 214 Å². The number of aliphatic carboxylic acids is 1. The van der Waals surface area contributed by atoms with Crippen LogP contribution in [-0.2, 0) is 26.2 Å². The fourth-order valence-corrected chi connectivity index (χ4v) is 8.07. The van der Waals surface area contributed by atoms with Crippen molar-refractivity contribution in [3.05, 3.63) is 18.2 Å². The Kier molecular flexibility index (Phi) is 7.83. The molecule has 0 aromatic carbocycles. The van der Waals surface area contributed by atoms with E-state index in [1.807, 2.05) is 0 Å². The van der Waals surface area contributed by atoms with Gasteiger partial charge in [0.2, 0.25) is 5.91 Å². The minimum atomic E-state index is -4.28. The number of rotatable bonds is 11. The topological polar surface area (TPSA) is 153 Å². The first kappa shape index (κ1) is 27.1. The molecular weight excluding hydrogens is 482 g/mol. The third kappa shape index (κ3) is 5.62. The van der Waals surface area contributed by atoms with E-state index in [2.05, 4.69) is 45.5 Å². The Morgan fingerprint density at radius 3 is 2.39 bits per heavy atom. The molecule has 0 spiro atoms. The van der Waals surface area contributed by atoms with Gasteiger partial charge in [0.05, 0.1) is 6.33 Å². The van der Waals surface area contributed by atoms with Crippen LogP contribution >= 0.6 is 0 Å². The molecule has 0 radical (unpaired) electrons. The minimum absolute atomic E-state index is 0.00258. The highest BCUT2D eigenvalue weighted by molar-refractivity contribution is 7.87. The number of nitrogens with one attached hydrogen (secondary N) is 4. The summed E-state index contributed by atoms with van der Waals surface area (Å²) in [5, 5.41) is 12.8. The molecule has 3 fully saturated rings. The van der Waals surface area contributed by atoms with Crippen LogP contribution in [0.2, 0.25) is 0 Å². The highest BCUT2D eigenvalue weighted by Crippen LogP contribution is 2.65. The highest BCUT2D eigenvalue weighted by atomic mass is 32.2. The zero-order chi connectivity index (χ0) is 26.1. The van der Waals surface area contributed by atoms with Crippen LogP contribution in [0.4, 0.5) is 0 Å². The number of aromatic amines is 1. The Balaban J connectivity index is 1.47. The molecule has 202 valence electrons. The van der Waals surface area contributed by atoms with Gasteiger partial charge in [-0.2, -0.15) is 17.9 Å². The van der Waals surface area contributed by atoms with E-state index >= 15 is 0 Å². The highest BCUT2D eigenvalue weighted by Gasteiger charge is 2.61. The van der Waals surface area contributed by atoms with Crippen molar-refractivity contribution in [3.8, 4) is 0 Å². The lowest BCUT2D eigenvalue weighted by molar-refractivity contribution is -0.139. The van der Waals surface area contributed by atoms with Crippen molar-refractivity contribution in [2.75, 3.05) is 0 Å². The molecule has 5 N–H and O–H groups in total. The maximum Gasteiger partial charge on any atom is 0.322 e. The minimum Gasteiger partial charge on any atom is -0.480 e. The maximum absolute atomic E-state index is 13.6. The third-order valence-corrected chi connectivity index (χ3v) is 10.8. The van der Waals surface area contributed by atoms with Gasteiger partial charge < -0.3 is 15.4 Å². The van der Waals surface area contributed by atoms with Crippen LogP contribution in [-0.4, -0.2) is 53.5 Å². The molecule has 0 unspecified atom stereocenters. The summed E-state index contributed by atoms with van der Waals surface area (Å²) in [5.41, 5.74) is 0.582. The molecule has 36 heavy (non-hydrogen) atoms. The molecule has 10 nitrogen and oxygen atoms in total. The number of carbonyl (C=O) groups excluding carboxylic acids is 1. The van der Waals surface area contributed by atoms with E-state index in [-0.39, 0.29) is 35.1 Å². The van der Waals surface area contributed by atoms with Gasteiger partial charge in [0.25, 0.3) is 10.2 Å². The van der Waals surface area contributed by atoms with E-state index < -0.39 is 28.3 Å². The molecule has 3 aliphatic carbocycles. The summed E-state index contributed by atoms with van der Waals surface area (Å²) in [4.78, 5) is 32.0. The first-order valence-electron chi connectivity index (χ1n) is 13.2. The van der Waals surface area contributed by atoms with Crippen molar-refractivity contribution < 1.29 is 23.1 Å². The van der Waals surface area contributed by atoms with Crippen molar-refractivity contribution in [2.24, 2.45) is 22.7 Å². The van der Waals surface area contributed by atoms with Crippen molar-refractivity contribution in [3.63, 3.8) is 0 Å². The Morgan fingerprint density at radius 2 is 1.83 bits per heavy atom. The molecule has 2 bridgehead atoms. The van der Waals surface area contributed by atoms with Gasteiger partial charge in [-0.05, 0) is 48.3 Å². The van der Waals surface area contributed by atoms with E-state index in [0.29, 0.717) is 18.0 Å². The molecule has 0 saturated heterocycles. The zero-order valence-electron chi connectivity index (χ0n) is 21.5. The summed E-state index contributed by atoms with van der Waals surface area (Å²) in [5.74, 6) is -0.826. The number of carboxylic acids is 1.